The van der Waals surface area contributed by atoms with E-state index in [9.17, 15) is 9.90 Å². The molecule has 40 heavy (non-hydrogen) atoms. The summed E-state index contributed by atoms with van der Waals surface area (Å²) >= 11 is 3.45. The van der Waals surface area contributed by atoms with Gasteiger partial charge in [-0.05, 0) is 90.1 Å². The van der Waals surface area contributed by atoms with Crippen LogP contribution in [0.3, 0.4) is 0 Å². The van der Waals surface area contributed by atoms with Crippen molar-refractivity contribution in [2.75, 3.05) is 6.61 Å². The van der Waals surface area contributed by atoms with E-state index in [0.29, 0.717) is 6.10 Å². The summed E-state index contributed by atoms with van der Waals surface area (Å²) in [5.41, 5.74) is 6.44. The largest absolute Gasteiger partial charge is 1.00 e. The van der Waals surface area contributed by atoms with Crippen LogP contribution in [0.15, 0.2) is 71.4 Å². The summed E-state index contributed by atoms with van der Waals surface area (Å²) in [7, 11) is 0. The van der Waals surface area contributed by atoms with Gasteiger partial charge >= 0.3 is 29.6 Å². The number of aliphatic hydroxyl groups excluding tert-OH is 1. The molecular formula is C32H37BNaO4S2. The summed E-state index contributed by atoms with van der Waals surface area (Å²) in [6, 6.07) is 20.1. The van der Waals surface area contributed by atoms with Crippen molar-refractivity contribution in [2.45, 2.75) is 64.1 Å². The van der Waals surface area contributed by atoms with Crippen LogP contribution in [0.25, 0.3) is 0 Å². The monoisotopic (exact) mass is 583 g/mol. The maximum absolute atomic E-state index is 12.2. The third-order valence-electron chi connectivity index (χ3n) is 7.40. The zero-order valence-electron chi connectivity index (χ0n) is 24.4. The molecule has 3 N–H and O–H groups in total. The molecule has 8 heteroatoms. The van der Waals surface area contributed by atoms with Crippen LogP contribution in [0.4, 0.5) is 0 Å². The van der Waals surface area contributed by atoms with Crippen molar-refractivity contribution in [1.29, 1.82) is 0 Å². The quantitative estimate of drug-likeness (QED) is 0.349. The molecule has 4 nitrogen and oxygen atoms in total. The Morgan fingerprint density at radius 3 is 2.23 bits per heavy atom. The second-order valence-corrected chi connectivity index (χ2v) is 11.7. The average Bonchev–Trinajstić information content (AvgIpc) is 3.71. The molecule has 1 saturated heterocycles. The van der Waals surface area contributed by atoms with Crippen molar-refractivity contribution in [3.05, 3.63) is 115 Å². The summed E-state index contributed by atoms with van der Waals surface area (Å²) in [4.78, 5) is 14.8. The molecule has 1 aliphatic heterocycles. The molecule has 2 aliphatic carbocycles. The Labute approximate surface area is 271 Å². The Morgan fingerprint density at radius 1 is 0.850 bits per heavy atom. The first kappa shape index (κ1) is 34.7. The fraction of sp³-hybridized carbons (Fsp3) is 0.344. The number of carbonyl (C=O) groups is 1. The van der Waals surface area contributed by atoms with Crippen LogP contribution in [0.5, 0.6) is 0 Å². The van der Waals surface area contributed by atoms with Crippen LogP contribution in [0.1, 0.15) is 81.6 Å². The molecule has 3 aliphatic rings. The molecule has 0 saturated carbocycles. The molecule has 3 radical (unpaired) electrons. The maximum atomic E-state index is 12.2. The van der Waals surface area contributed by atoms with Crippen molar-refractivity contribution < 1.29 is 51.1 Å². The third kappa shape index (κ3) is 8.05. The second kappa shape index (κ2) is 16.8. The SMILES string of the molecule is CCC1CCCO1.O.O=C1c2ccccc2CCc2sccc21.OC1c2ccccc2CCc2sccc21.[B].[H-].[Na+]. The van der Waals surface area contributed by atoms with Crippen LogP contribution in [-0.2, 0) is 30.4 Å². The van der Waals surface area contributed by atoms with Gasteiger partial charge in [-0.15, -0.1) is 22.7 Å². The number of benzene rings is 2. The first-order valence-electron chi connectivity index (χ1n) is 13.3. The average molecular weight is 584 g/mol. The van der Waals surface area contributed by atoms with E-state index in [1.165, 1.54) is 40.1 Å². The van der Waals surface area contributed by atoms with Crippen molar-refractivity contribution in [1.82, 2.24) is 0 Å². The van der Waals surface area contributed by atoms with Crippen LogP contribution >= 0.6 is 22.7 Å². The molecule has 3 heterocycles. The van der Waals surface area contributed by atoms with Crippen LogP contribution in [0.2, 0.25) is 0 Å². The van der Waals surface area contributed by atoms with Gasteiger partial charge in [-0.25, -0.2) is 0 Å². The van der Waals surface area contributed by atoms with Crippen LogP contribution < -0.4 is 29.6 Å². The molecule has 7 rings (SSSR count). The number of aliphatic hydroxyl groups is 1. The molecule has 2 aromatic heterocycles. The smallest absolute Gasteiger partial charge is 1.00 e. The molecule has 2 unspecified atom stereocenters. The van der Waals surface area contributed by atoms with E-state index in [-0.39, 0.29) is 50.7 Å². The van der Waals surface area contributed by atoms with E-state index in [1.54, 1.807) is 22.7 Å². The predicted octanol–water partition coefficient (Wildman–Crippen LogP) is 3.49. The summed E-state index contributed by atoms with van der Waals surface area (Å²) in [6.07, 6.45) is 8.01. The predicted molar refractivity (Wildman–Crippen MR) is 164 cm³/mol. The van der Waals surface area contributed by atoms with Crippen LogP contribution in [-0.4, -0.2) is 37.5 Å². The molecule has 0 bridgehead atoms. The van der Waals surface area contributed by atoms with E-state index < -0.39 is 6.10 Å². The van der Waals surface area contributed by atoms with Gasteiger partial charge in [0.1, 0.15) is 6.10 Å². The standard InChI is InChI=1S/C13H12OS.C13H10OS.C6H12O.B.Na.H2O.H/c2*14-13-10-4-2-1-3-9(10)5-6-12-11(13)7-8-15-12;1-2-6-4-3-5-7-6;;;;/h1-4,7-8,13-14H,5-6H2;1-4,7-8H,5-6H2;6H,2-5H2,1H3;;;1H2;/q;;;;+1;;-1. The Bertz CT molecular complexity index is 1350. The minimum Gasteiger partial charge on any atom is -1.00 e. The number of fused-ring (bicyclic) bond motifs is 4. The van der Waals surface area contributed by atoms with Gasteiger partial charge in [-0.2, -0.15) is 0 Å². The minimum absolute atomic E-state index is 0. The number of ketones is 1. The molecule has 2 aromatic carbocycles. The molecule has 0 spiro atoms. The molecular weight excluding hydrogens is 546 g/mol. The Morgan fingerprint density at radius 2 is 1.50 bits per heavy atom. The maximum Gasteiger partial charge on any atom is 1.00 e. The molecule has 205 valence electrons. The Balaban J connectivity index is 0.000000310. The summed E-state index contributed by atoms with van der Waals surface area (Å²) in [5, 5.41) is 14.4. The zero-order chi connectivity index (χ0) is 25.6. The molecule has 1 fully saturated rings. The van der Waals surface area contributed by atoms with Crippen LogP contribution in [0, 0.1) is 0 Å². The fourth-order valence-electron chi connectivity index (χ4n) is 5.30. The van der Waals surface area contributed by atoms with Gasteiger partial charge in [0.15, 0.2) is 5.78 Å². The summed E-state index contributed by atoms with van der Waals surface area (Å²) in [6.45, 7) is 3.18. The number of ether oxygens (including phenoxy) is 1. The number of carbonyl (C=O) groups excluding carboxylic acids is 1. The number of rotatable bonds is 1. The van der Waals surface area contributed by atoms with Gasteiger partial charge in [0.25, 0.3) is 0 Å². The first-order valence-corrected chi connectivity index (χ1v) is 15.0. The number of hydrogen-bond acceptors (Lipinski definition) is 5. The van der Waals surface area contributed by atoms with E-state index >= 15 is 0 Å². The molecule has 4 aromatic rings. The van der Waals surface area contributed by atoms with Gasteiger partial charge in [0, 0.05) is 35.9 Å². The topological polar surface area (TPSA) is 78.0 Å². The van der Waals surface area contributed by atoms with E-state index in [2.05, 4.69) is 24.4 Å². The number of thiophene rings is 2. The van der Waals surface area contributed by atoms with Gasteiger partial charge in [0.2, 0.25) is 0 Å². The summed E-state index contributed by atoms with van der Waals surface area (Å²) in [5.74, 6) is 0.194. The van der Waals surface area contributed by atoms with E-state index in [1.807, 2.05) is 53.9 Å². The number of hydrogen-bond donors (Lipinski definition) is 1. The van der Waals surface area contributed by atoms with Gasteiger partial charge in [0.05, 0.1) is 6.10 Å². The fourth-order valence-corrected chi connectivity index (χ4v) is 7.09. The van der Waals surface area contributed by atoms with Crippen molar-refractivity contribution in [3.8, 4) is 0 Å². The molecule has 0 amide bonds. The first-order chi connectivity index (χ1) is 18.2. The van der Waals surface area contributed by atoms with Crippen molar-refractivity contribution >= 4 is 36.9 Å². The van der Waals surface area contributed by atoms with Gasteiger partial charge in [-0.3, -0.25) is 4.79 Å². The summed E-state index contributed by atoms with van der Waals surface area (Å²) < 4.78 is 5.30. The Hall–Kier alpha value is -1.55. The van der Waals surface area contributed by atoms with E-state index in [4.69, 9.17) is 4.74 Å². The van der Waals surface area contributed by atoms with Crippen molar-refractivity contribution in [3.63, 3.8) is 0 Å². The molecule has 2 atom stereocenters. The number of aryl methyl sites for hydroxylation is 4. The zero-order valence-corrected chi connectivity index (χ0v) is 27.0. The van der Waals surface area contributed by atoms with E-state index in [0.717, 1.165) is 54.5 Å². The van der Waals surface area contributed by atoms with Gasteiger partial charge < -0.3 is 16.7 Å². The van der Waals surface area contributed by atoms with Gasteiger partial charge in [-0.1, -0.05) is 55.5 Å². The van der Waals surface area contributed by atoms with Crippen molar-refractivity contribution in [2.24, 2.45) is 0 Å². The normalized spacial score (nSPS) is 18.0. The minimum atomic E-state index is -0.426. The Kier molecular flexibility index (Phi) is 14.5. The third-order valence-corrected chi connectivity index (χ3v) is 9.38. The second-order valence-electron chi connectivity index (χ2n) is 9.69.